The number of rotatable bonds is 6. The second-order valence-corrected chi connectivity index (χ2v) is 10.4. The van der Waals surface area contributed by atoms with Gasteiger partial charge in [0.1, 0.15) is 5.60 Å². The molecule has 2 N–H and O–H groups in total. The third kappa shape index (κ3) is 7.46. The molecule has 184 valence electrons. The number of ether oxygens (including phenoxy) is 1. The van der Waals surface area contributed by atoms with Gasteiger partial charge in [0.25, 0.3) is 0 Å². The van der Waals surface area contributed by atoms with Crippen LogP contribution in [0.5, 0.6) is 0 Å². The Morgan fingerprint density at radius 2 is 1.65 bits per heavy atom. The third-order valence-corrected chi connectivity index (χ3v) is 5.86. The molecule has 0 spiro atoms. The topological polar surface area (TPSA) is 116 Å². The minimum absolute atomic E-state index is 0.0322. The number of hydrogen-bond acceptors (Lipinski definition) is 5. The van der Waals surface area contributed by atoms with Gasteiger partial charge in [-0.25, -0.2) is 4.79 Å². The molecule has 3 rings (SSSR count). The van der Waals surface area contributed by atoms with E-state index in [-0.39, 0.29) is 23.6 Å². The molecule has 10 heteroatoms. The van der Waals surface area contributed by atoms with Crippen LogP contribution < -0.4 is 9.62 Å². The molecular weight excluding hydrogens is 458 g/mol. The lowest BCUT2D eigenvalue weighted by atomic mass is 9.95. The summed E-state index contributed by atoms with van der Waals surface area (Å²) >= 11 is 0. The summed E-state index contributed by atoms with van der Waals surface area (Å²) in [4.78, 5) is 29.2. The van der Waals surface area contributed by atoms with E-state index in [9.17, 15) is 18.0 Å². The van der Waals surface area contributed by atoms with Crippen molar-refractivity contribution in [1.82, 2.24) is 4.90 Å². The molecule has 34 heavy (non-hydrogen) atoms. The second kappa shape index (κ2) is 10.4. The number of likely N-dealkylation sites (tertiary alicyclic amines) is 1. The Bertz CT molecular complexity index is 1090. The number of para-hydroxylation sites is 1. The molecule has 0 unspecified atom stereocenters. The molecule has 0 saturated carbocycles. The average molecular weight is 490 g/mol. The highest BCUT2D eigenvalue weighted by Gasteiger charge is 2.32. The van der Waals surface area contributed by atoms with Crippen LogP contribution in [0.25, 0.3) is 0 Å². The van der Waals surface area contributed by atoms with Crippen LogP contribution in [0.2, 0.25) is 0 Å². The Labute approximate surface area is 200 Å². The normalized spacial score (nSPS) is 15.0. The fourth-order valence-corrected chi connectivity index (χ4v) is 4.20. The van der Waals surface area contributed by atoms with Crippen LogP contribution >= 0.6 is 0 Å². The lowest BCUT2D eigenvalue weighted by Crippen LogP contribution is -2.45. The number of amides is 2. The highest BCUT2D eigenvalue weighted by atomic mass is 32.2. The van der Waals surface area contributed by atoms with Crippen molar-refractivity contribution in [3.63, 3.8) is 0 Å². The largest absolute Gasteiger partial charge is 0.444 e. The molecule has 0 bridgehead atoms. The number of benzene rings is 2. The van der Waals surface area contributed by atoms with Gasteiger partial charge in [-0.1, -0.05) is 30.3 Å². The van der Waals surface area contributed by atoms with Crippen LogP contribution in [0.1, 0.15) is 39.2 Å². The van der Waals surface area contributed by atoms with Crippen LogP contribution in [0.3, 0.4) is 0 Å². The van der Waals surface area contributed by atoms with Crippen molar-refractivity contribution >= 4 is 33.7 Å². The van der Waals surface area contributed by atoms with Crippen LogP contribution in [0, 0.1) is 5.92 Å². The van der Waals surface area contributed by atoms with Crippen molar-refractivity contribution in [2.45, 2.75) is 45.8 Å². The fraction of sp³-hybridized carbons (Fsp3) is 0.417. The predicted octanol–water partition coefficient (Wildman–Crippen LogP) is 4.08. The number of nitrogens with one attached hydrogen (secondary N) is 1. The molecule has 2 aromatic rings. The molecule has 2 aromatic carbocycles. The van der Waals surface area contributed by atoms with Crippen molar-refractivity contribution in [2.24, 2.45) is 5.92 Å². The van der Waals surface area contributed by atoms with E-state index in [0.717, 1.165) is 11.3 Å². The summed E-state index contributed by atoms with van der Waals surface area (Å²) in [6.45, 7) is 6.66. The van der Waals surface area contributed by atoms with Gasteiger partial charge in [0.15, 0.2) is 0 Å². The highest BCUT2D eigenvalue weighted by Crippen LogP contribution is 2.26. The van der Waals surface area contributed by atoms with Crippen molar-refractivity contribution in [1.29, 1.82) is 0 Å². The Kier molecular flexibility index (Phi) is 7.83. The first kappa shape index (κ1) is 25.5. The summed E-state index contributed by atoms with van der Waals surface area (Å²) in [5, 5.41) is 0. The molecule has 9 nitrogen and oxygen atoms in total. The van der Waals surface area contributed by atoms with Crippen LogP contribution in [0.15, 0.2) is 54.6 Å². The minimum Gasteiger partial charge on any atom is -0.444 e. The molecule has 0 aromatic heterocycles. The van der Waals surface area contributed by atoms with Gasteiger partial charge in [-0.05, 0) is 63.4 Å². The quantitative estimate of drug-likeness (QED) is 0.591. The molecule has 0 atom stereocenters. The van der Waals surface area contributed by atoms with E-state index >= 15 is 0 Å². The number of carbonyl (C=O) groups excluding carboxylic acids is 2. The zero-order valence-corrected chi connectivity index (χ0v) is 20.4. The Hall–Kier alpha value is -3.11. The summed E-state index contributed by atoms with van der Waals surface area (Å²) in [6, 6.07) is 15.8. The summed E-state index contributed by atoms with van der Waals surface area (Å²) in [5.74, 6) is -0.269. The molecular formula is C24H31N3O6S. The van der Waals surface area contributed by atoms with E-state index in [0.29, 0.717) is 32.5 Å². The monoisotopic (exact) mass is 489 g/mol. The van der Waals surface area contributed by atoms with E-state index in [1.807, 2.05) is 55.8 Å². The van der Waals surface area contributed by atoms with E-state index in [1.54, 1.807) is 21.9 Å². The fourth-order valence-electron chi connectivity index (χ4n) is 3.77. The average Bonchev–Trinajstić information content (AvgIpc) is 2.77. The van der Waals surface area contributed by atoms with Gasteiger partial charge in [-0.15, -0.1) is 0 Å². The number of nitrogens with zero attached hydrogens (tertiary/aromatic N) is 2. The molecule has 1 saturated heterocycles. The van der Waals surface area contributed by atoms with Crippen molar-refractivity contribution in [3.05, 3.63) is 60.2 Å². The molecule has 0 aliphatic carbocycles. The first-order chi connectivity index (χ1) is 15.9. The van der Waals surface area contributed by atoms with Gasteiger partial charge in [0.05, 0.1) is 12.2 Å². The number of hydrogen-bond donors (Lipinski definition) is 2. The van der Waals surface area contributed by atoms with E-state index in [1.165, 1.54) is 12.1 Å². The van der Waals surface area contributed by atoms with Crippen LogP contribution in [-0.4, -0.2) is 48.6 Å². The van der Waals surface area contributed by atoms with Gasteiger partial charge in [0, 0.05) is 24.7 Å². The van der Waals surface area contributed by atoms with E-state index < -0.39 is 15.9 Å². The van der Waals surface area contributed by atoms with E-state index in [2.05, 4.69) is 0 Å². The predicted molar refractivity (Wildman–Crippen MR) is 130 cm³/mol. The van der Waals surface area contributed by atoms with Crippen LogP contribution in [0.4, 0.5) is 16.2 Å². The molecule has 1 heterocycles. The second-order valence-electron chi connectivity index (χ2n) is 9.28. The van der Waals surface area contributed by atoms with Gasteiger partial charge in [-0.2, -0.15) is 8.42 Å². The Morgan fingerprint density at radius 3 is 2.18 bits per heavy atom. The number of carbonyl (C=O) groups is 2. The van der Waals surface area contributed by atoms with Gasteiger partial charge >= 0.3 is 16.4 Å². The summed E-state index contributed by atoms with van der Waals surface area (Å²) in [7, 11) is -4.36. The molecule has 1 aliphatic heterocycles. The highest BCUT2D eigenvalue weighted by molar-refractivity contribution is 7.87. The van der Waals surface area contributed by atoms with Crippen molar-refractivity contribution in [2.75, 3.05) is 22.7 Å². The molecule has 2 amide bonds. The first-order valence-corrected chi connectivity index (χ1v) is 12.5. The SMILES string of the molecule is CC(C)(C)OC(=O)N1CCC(C(=O)N(Cc2ccc(NS(=O)(=O)O)cc2)c2ccccc2)CC1. The summed E-state index contributed by atoms with van der Waals surface area (Å²) < 4.78 is 38.4. The number of anilines is 2. The molecule has 1 aliphatic rings. The minimum atomic E-state index is -4.36. The third-order valence-electron chi connectivity index (χ3n) is 5.37. The zero-order chi connectivity index (χ0) is 24.9. The lowest BCUT2D eigenvalue weighted by Gasteiger charge is -2.35. The zero-order valence-electron chi connectivity index (χ0n) is 19.6. The number of piperidine rings is 1. The molecule has 0 radical (unpaired) electrons. The Morgan fingerprint density at radius 1 is 1.06 bits per heavy atom. The van der Waals surface area contributed by atoms with E-state index in [4.69, 9.17) is 9.29 Å². The maximum Gasteiger partial charge on any atom is 0.410 e. The molecule has 1 fully saturated rings. The smallest absolute Gasteiger partial charge is 0.410 e. The Balaban J connectivity index is 1.71. The van der Waals surface area contributed by atoms with Gasteiger partial charge < -0.3 is 14.5 Å². The maximum atomic E-state index is 13.5. The standard InChI is InChI=1S/C24H31N3O6S/c1-24(2,3)33-23(29)26-15-13-19(14-16-26)22(28)27(21-7-5-4-6-8-21)17-18-9-11-20(12-10-18)25-34(30,31)32/h4-12,19,25H,13-17H2,1-3H3,(H,30,31,32). The summed E-state index contributed by atoms with van der Waals surface area (Å²) in [6.07, 6.45) is 0.717. The van der Waals surface area contributed by atoms with Gasteiger partial charge in [0.2, 0.25) is 5.91 Å². The maximum absolute atomic E-state index is 13.5. The lowest BCUT2D eigenvalue weighted by molar-refractivity contribution is -0.124. The van der Waals surface area contributed by atoms with Crippen LogP contribution in [-0.2, 0) is 26.4 Å². The summed E-state index contributed by atoms with van der Waals surface area (Å²) in [5.41, 5.74) is 1.20. The first-order valence-electron chi connectivity index (χ1n) is 11.1. The van der Waals surface area contributed by atoms with Crippen molar-refractivity contribution < 1.29 is 27.3 Å². The van der Waals surface area contributed by atoms with Crippen molar-refractivity contribution in [3.8, 4) is 0 Å². The van der Waals surface area contributed by atoms with Gasteiger partial charge in [-0.3, -0.25) is 14.1 Å².